The van der Waals surface area contributed by atoms with Gasteiger partial charge in [0.1, 0.15) is 6.04 Å². The molecule has 1 amide bonds. The van der Waals surface area contributed by atoms with E-state index in [1.54, 1.807) is 0 Å². The minimum absolute atomic E-state index is 0.124. The van der Waals surface area contributed by atoms with Gasteiger partial charge in [-0.2, -0.15) is 0 Å². The molecule has 1 atom stereocenters. The maximum Gasteiger partial charge on any atom is 0.326 e. The molecule has 86 valence electrons. The summed E-state index contributed by atoms with van der Waals surface area (Å²) in [6, 6.07) is -0.709. The molecule has 0 aromatic heterocycles. The van der Waals surface area contributed by atoms with Crippen molar-refractivity contribution in [3.05, 3.63) is 0 Å². The van der Waals surface area contributed by atoms with Gasteiger partial charge >= 0.3 is 5.97 Å². The van der Waals surface area contributed by atoms with Crippen LogP contribution in [0.25, 0.3) is 0 Å². The van der Waals surface area contributed by atoms with E-state index in [0.717, 1.165) is 12.8 Å². The fourth-order valence-electron chi connectivity index (χ4n) is 1.37. The number of ether oxygens (including phenoxy) is 1. The molecule has 0 aliphatic heterocycles. The predicted molar refractivity (Wildman–Crippen MR) is 53.4 cm³/mol. The lowest BCUT2D eigenvalue weighted by atomic mass is 10.2. The zero-order valence-electron chi connectivity index (χ0n) is 8.86. The lowest BCUT2D eigenvalue weighted by Gasteiger charge is -2.13. The van der Waals surface area contributed by atoms with E-state index in [-0.39, 0.29) is 18.2 Å². The quantitative estimate of drug-likeness (QED) is 0.602. The highest BCUT2D eigenvalue weighted by Gasteiger charge is 2.37. The number of hydrogen-bond acceptors (Lipinski definition) is 3. The van der Waals surface area contributed by atoms with E-state index in [2.05, 4.69) is 5.32 Å². The number of hydrogen-bond donors (Lipinski definition) is 2. The first kappa shape index (κ1) is 12.0. The van der Waals surface area contributed by atoms with Crippen LogP contribution in [0.4, 0.5) is 0 Å². The molecule has 15 heavy (non-hydrogen) atoms. The summed E-state index contributed by atoms with van der Waals surface area (Å²) in [5.74, 6) is -1.07. The highest BCUT2D eigenvalue weighted by Crippen LogP contribution is 2.32. The Morgan fingerprint density at radius 1 is 1.53 bits per heavy atom. The van der Waals surface area contributed by atoms with Gasteiger partial charge in [-0.05, 0) is 25.7 Å². The summed E-state index contributed by atoms with van der Waals surface area (Å²) in [7, 11) is 0. The number of amides is 1. The molecular weight excluding hydrogens is 198 g/mol. The largest absolute Gasteiger partial charge is 0.480 e. The monoisotopic (exact) mass is 215 g/mol. The molecule has 5 nitrogen and oxygen atoms in total. The number of carbonyl (C=O) groups excluding carboxylic acids is 1. The second-order valence-corrected chi connectivity index (χ2v) is 3.67. The van der Waals surface area contributed by atoms with Crippen molar-refractivity contribution in [1.29, 1.82) is 0 Å². The van der Waals surface area contributed by atoms with E-state index >= 15 is 0 Å². The molecule has 1 aliphatic rings. The van der Waals surface area contributed by atoms with Gasteiger partial charge in [0.15, 0.2) is 0 Å². The second-order valence-electron chi connectivity index (χ2n) is 3.67. The molecule has 0 spiro atoms. The molecule has 2 N–H and O–H groups in total. The van der Waals surface area contributed by atoms with Gasteiger partial charge in [-0.3, -0.25) is 4.79 Å². The molecule has 1 fully saturated rings. The first-order chi connectivity index (χ1) is 7.15. The Hall–Kier alpha value is -1.10. The number of nitrogens with one attached hydrogen (secondary N) is 1. The lowest BCUT2D eigenvalue weighted by Crippen LogP contribution is -2.42. The summed E-state index contributed by atoms with van der Waals surface area (Å²) in [6.45, 7) is 2.76. The van der Waals surface area contributed by atoms with Crippen LogP contribution in [-0.4, -0.2) is 36.2 Å². The summed E-state index contributed by atoms with van der Waals surface area (Å²) >= 11 is 0. The normalized spacial score (nSPS) is 17.1. The van der Waals surface area contributed by atoms with E-state index < -0.39 is 12.0 Å². The van der Waals surface area contributed by atoms with Crippen molar-refractivity contribution in [2.45, 2.75) is 32.2 Å². The molecule has 0 aromatic carbocycles. The summed E-state index contributed by atoms with van der Waals surface area (Å²) in [4.78, 5) is 22.1. The zero-order valence-corrected chi connectivity index (χ0v) is 8.86. The summed E-state index contributed by atoms with van der Waals surface area (Å²) in [5.41, 5.74) is 0. The molecule has 5 heteroatoms. The van der Waals surface area contributed by atoms with Gasteiger partial charge in [0, 0.05) is 13.0 Å². The Balaban J connectivity index is 2.24. The van der Waals surface area contributed by atoms with E-state index in [0.29, 0.717) is 13.2 Å². The number of carbonyl (C=O) groups is 2. The van der Waals surface area contributed by atoms with Crippen LogP contribution in [-0.2, 0) is 14.3 Å². The van der Waals surface area contributed by atoms with E-state index in [9.17, 15) is 9.59 Å². The van der Waals surface area contributed by atoms with Crippen molar-refractivity contribution >= 4 is 11.9 Å². The average Bonchev–Trinajstić information content (AvgIpc) is 2.97. The summed E-state index contributed by atoms with van der Waals surface area (Å²) in [5, 5.41) is 11.4. The SMILES string of the molecule is CCOCCC(=O)NC(C(=O)O)C1CC1. The number of rotatable bonds is 7. The molecule has 1 aliphatic carbocycles. The maximum atomic E-state index is 11.3. The van der Waals surface area contributed by atoms with Crippen molar-refractivity contribution in [1.82, 2.24) is 5.32 Å². The van der Waals surface area contributed by atoms with Gasteiger partial charge in [0.25, 0.3) is 0 Å². The smallest absolute Gasteiger partial charge is 0.326 e. The van der Waals surface area contributed by atoms with Gasteiger partial charge in [-0.15, -0.1) is 0 Å². The van der Waals surface area contributed by atoms with Crippen LogP contribution < -0.4 is 5.32 Å². The van der Waals surface area contributed by atoms with Crippen LogP contribution >= 0.6 is 0 Å². The molecule has 1 rings (SSSR count). The van der Waals surface area contributed by atoms with Crippen LogP contribution in [0.2, 0.25) is 0 Å². The second kappa shape index (κ2) is 5.70. The zero-order chi connectivity index (χ0) is 11.3. The average molecular weight is 215 g/mol. The molecule has 0 bridgehead atoms. The number of carboxylic acids is 1. The van der Waals surface area contributed by atoms with Crippen LogP contribution in [0.15, 0.2) is 0 Å². The first-order valence-corrected chi connectivity index (χ1v) is 5.25. The van der Waals surface area contributed by atoms with Gasteiger partial charge in [-0.25, -0.2) is 4.79 Å². The van der Waals surface area contributed by atoms with E-state index in [1.165, 1.54) is 0 Å². The van der Waals surface area contributed by atoms with Gasteiger partial charge < -0.3 is 15.2 Å². The van der Waals surface area contributed by atoms with E-state index in [1.807, 2.05) is 6.92 Å². The Labute approximate surface area is 88.8 Å². The van der Waals surface area contributed by atoms with Gasteiger partial charge in [0.05, 0.1) is 6.61 Å². The Morgan fingerprint density at radius 3 is 2.67 bits per heavy atom. The molecule has 0 heterocycles. The van der Waals surface area contributed by atoms with Crippen LogP contribution in [0.1, 0.15) is 26.2 Å². The van der Waals surface area contributed by atoms with Crippen LogP contribution in [0.5, 0.6) is 0 Å². The fourth-order valence-corrected chi connectivity index (χ4v) is 1.37. The fraction of sp³-hybridized carbons (Fsp3) is 0.800. The molecule has 1 saturated carbocycles. The minimum Gasteiger partial charge on any atom is -0.480 e. The van der Waals surface area contributed by atoms with Crippen molar-refractivity contribution < 1.29 is 19.4 Å². The Bertz CT molecular complexity index is 238. The summed E-state index contributed by atoms with van der Waals surface area (Å²) < 4.78 is 5.01. The first-order valence-electron chi connectivity index (χ1n) is 5.25. The highest BCUT2D eigenvalue weighted by molar-refractivity contribution is 5.84. The Kier molecular flexibility index (Phi) is 4.55. The minimum atomic E-state index is -0.942. The maximum absolute atomic E-state index is 11.3. The number of carboxylic acid groups (broad SMARTS) is 1. The predicted octanol–water partition coefficient (Wildman–Crippen LogP) is 0.392. The third kappa shape index (κ3) is 4.29. The summed E-state index contributed by atoms with van der Waals surface area (Å²) in [6.07, 6.45) is 2.01. The van der Waals surface area contributed by atoms with Gasteiger partial charge in [-0.1, -0.05) is 0 Å². The third-order valence-corrected chi connectivity index (χ3v) is 2.35. The van der Waals surface area contributed by atoms with Crippen molar-refractivity contribution in [3.63, 3.8) is 0 Å². The molecular formula is C10H17NO4. The Morgan fingerprint density at radius 2 is 2.20 bits per heavy atom. The molecule has 1 unspecified atom stereocenters. The standard InChI is InChI=1S/C10H17NO4/c1-2-15-6-5-8(12)11-9(10(13)14)7-3-4-7/h7,9H,2-6H2,1H3,(H,11,12)(H,13,14). The molecule has 0 saturated heterocycles. The topological polar surface area (TPSA) is 75.6 Å². The highest BCUT2D eigenvalue weighted by atomic mass is 16.5. The molecule has 0 radical (unpaired) electrons. The molecule has 0 aromatic rings. The van der Waals surface area contributed by atoms with Crippen LogP contribution in [0.3, 0.4) is 0 Å². The van der Waals surface area contributed by atoms with Crippen LogP contribution in [0, 0.1) is 5.92 Å². The van der Waals surface area contributed by atoms with Crippen molar-refractivity contribution in [2.75, 3.05) is 13.2 Å². The van der Waals surface area contributed by atoms with E-state index in [4.69, 9.17) is 9.84 Å². The lowest BCUT2D eigenvalue weighted by molar-refractivity contribution is -0.142. The number of aliphatic carboxylic acids is 1. The third-order valence-electron chi connectivity index (χ3n) is 2.35. The van der Waals surface area contributed by atoms with Crippen molar-refractivity contribution in [2.24, 2.45) is 5.92 Å². The van der Waals surface area contributed by atoms with Crippen molar-refractivity contribution in [3.8, 4) is 0 Å². The van der Waals surface area contributed by atoms with Gasteiger partial charge in [0.2, 0.25) is 5.91 Å².